The van der Waals surface area contributed by atoms with Gasteiger partial charge in [-0.05, 0) is 37.0 Å². The van der Waals surface area contributed by atoms with Gasteiger partial charge in [-0.1, -0.05) is 13.3 Å². The molecule has 2 aliphatic rings. The van der Waals surface area contributed by atoms with Crippen LogP contribution in [-0.4, -0.2) is 0 Å². The first-order valence-electron chi connectivity index (χ1n) is 3.88. The van der Waals surface area contributed by atoms with Crippen molar-refractivity contribution in [3.05, 3.63) is 0 Å². The molecule has 2 aliphatic carbocycles. The summed E-state index contributed by atoms with van der Waals surface area (Å²) in [4.78, 5) is 0. The van der Waals surface area contributed by atoms with Gasteiger partial charge in [-0.15, -0.1) is 0 Å². The summed E-state index contributed by atoms with van der Waals surface area (Å²) < 4.78 is 0. The van der Waals surface area contributed by atoms with Crippen LogP contribution in [0.4, 0.5) is 0 Å². The minimum Gasteiger partial charge on any atom is -0.0622 e. The molecule has 3 atom stereocenters. The molecule has 0 amide bonds. The molecule has 2 saturated carbocycles. The second-order valence-corrected chi connectivity index (χ2v) is 3.56. The molecule has 0 aromatic carbocycles. The molecule has 0 aliphatic heterocycles. The molecule has 0 aromatic heterocycles. The molecule has 1 unspecified atom stereocenters. The van der Waals surface area contributed by atoms with Crippen LogP contribution in [0, 0.1) is 17.8 Å². The third-order valence-corrected chi connectivity index (χ3v) is 3.20. The zero-order valence-corrected chi connectivity index (χ0v) is 5.56. The lowest BCUT2D eigenvalue weighted by Gasteiger charge is -2.32. The van der Waals surface area contributed by atoms with Gasteiger partial charge in [-0.25, -0.2) is 0 Å². The number of fused-ring (bicyclic) bond motifs is 1. The van der Waals surface area contributed by atoms with Gasteiger partial charge in [0, 0.05) is 0 Å². The molecule has 0 spiro atoms. The third kappa shape index (κ3) is 0.463. The molecular weight excluding hydrogens is 96.1 g/mol. The Bertz CT molecular complexity index is 90.2. The average Bonchev–Trinajstić information content (AvgIpc) is 1.80. The first kappa shape index (κ1) is 4.84. The standard InChI is InChI=1S/C8H14/c1-6-2-3-7-4-5-8(6)7/h6-8H,2-5H2,1H3/t6-,7+,8?/m0/s1. The van der Waals surface area contributed by atoms with E-state index in [0.717, 1.165) is 11.8 Å². The molecule has 0 nitrogen and oxygen atoms in total. The first-order chi connectivity index (χ1) is 3.88. The summed E-state index contributed by atoms with van der Waals surface area (Å²) >= 11 is 0. The maximum absolute atomic E-state index is 2.42. The number of rotatable bonds is 0. The molecule has 2 fully saturated rings. The van der Waals surface area contributed by atoms with Crippen molar-refractivity contribution in [3.63, 3.8) is 0 Å². The van der Waals surface area contributed by atoms with E-state index < -0.39 is 0 Å². The van der Waals surface area contributed by atoms with Crippen molar-refractivity contribution in [2.45, 2.75) is 32.6 Å². The van der Waals surface area contributed by atoms with Crippen molar-refractivity contribution in [2.75, 3.05) is 0 Å². The third-order valence-electron chi connectivity index (χ3n) is 3.20. The molecule has 8 heavy (non-hydrogen) atoms. The lowest BCUT2D eigenvalue weighted by atomic mass is 9.73. The van der Waals surface area contributed by atoms with E-state index in [-0.39, 0.29) is 0 Å². The van der Waals surface area contributed by atoms with E-state index in [0.29, 0.717) is 0 Å². The van der Waals surface area contributed by atoms with Gasteiger partial charge in [-0.3, -0.25) is 0 Å². The predicted octanol–water partition coefficient (Wildman–Crippen LogP) is 2.44. The van der Waals surface area contributed by atoms with Crippen LogP contribution in [-0.2, 0) is 0 Å². The van der Waals surface area contributed by atoms with Gasteiger partial charge in [0.05, 0.1) is 0 Å². The molecule has 0 bridgehead atoms. The van der Waals surface area contributed by atoms with E-state index in [1.807, 2.05) is 0 Å². The van der Waals surface area contributed by atoms with Gasteiger partial charge < -0.3 is 0 Å². The Morgan fingerprint density at radius 1 is 1.00 bits per heavy atom. The highest BCUT2D eigenvalue weighted by atomic mass is 14.4. The lowest BCUT2D eigenvalue weighted by Crippen LogP contribution is -2.23. The topological polar surface area (TPSA) is 0 Å². The van der Waals surface area contributed by atoms with Crippen LogP contribution in [0.15, 0.2) is 0 Å². The van der Waals surface area contributed by atoms with Crippen LogP contribution in [0.25, 0.3) is 0 Å². The van der Waals surface area contributed by atoms with Crippen LogP contribution in [0.2, 0.25) is 0 Å². The van der Waals surface area contributed by atoms with Crippen molar-refractivity contribution in [1.82, 2.24) is 0 Å². The van der Waals surface area contributed by atoms with Gasteiger partial charge in [0.25, 0.3) is 0 Å². The molecule has 0 saturated heterocycles. The Labute approximate surface area is 51.3 Å². The van der Waals surface area contributed by atoms with Crippen LogP contribution in [0.1, 0.15) is 32.6 Å². The van der Waals surface area contributed by atoms with E-state index in [1.165, 1.54) is 12.3 Å². The maximum Gasteiger partial charge on any atom is -0.0360 e. The van der Waals surface area contributed by atoms with Gasteiger partial charge in [0.1, 0.15) is 0 Å². The maximum atomic E-state index is 2.42. The van der Waals surface area contributed by atoms with Gasteiger partial charge >= 0.3 is 0 Å². The minimum atomic E-state index is 1.08. The van der Waals surface area contributed by atoms with Crippen LogP contribution in [0.5, 0.6) is 0 Å². The summed E-state index contributed by atoms with van der Waals surface area (Å²) in [6.45, 7) is 2.42. The van der Waals surface area contributed by atoms with E-state index >= 15 is 0 Å². The second kappa shape index (κ2) is 1.49. The Hall–Kier alpha value is 0. The second-order valence-electron chi connectivity index (χ2n) is 3.56. The molecule has 0 aromatic rings. The molecule has 0 heteroatoms. The highest BCUT2D eigenvalue weighted by Crippen LogP contribution is 2.49. The Kier molecular flexibility index (Phi) is 0.902. The van der Waals surface area contributed by atoms with Crippen LogP contribution in [0.3, 0.4) is 0 Å². The van der Waals surface area contributed by atoms with Crippen molar-refractivity contribution >= 4 is 0 Å². The van der Waals surface area contributed by atoms with Gasteiger partial charge in [0.15, 0.2) is 0 Å². The summed E-state index contributed by atoms with van der Waals surface area (Å²) in [7, 11) is 0. The monoisotopic (exact) mass is 110 g/mol. The Balaban J connectivity index is 2.05. The summed E-state index contributed by atoms with van der Waals surface area (Å²) in [5.41, 5.74) is 0. The normalized spacial score (nSPS) is 52.9. The largest absolute Gasteiger partial charge is 0.0622 e. The number of hydrogen-bond donors (Lipinski definition) is 0. The van der Waals surface area contributed by atoms with E-state index in [4.69, 9.17) is 0 Å². The lowest BCUT2D eigenvalue weighted by molar-refractivity contribution is 0.180. The zero-order valence-electron chi connectivity index (χ0n) is 5.56. The van der Waals surface area contributed by atoms with Crippen LogP contribution >= 0.6 is 0 Å². The first-order valence-corrected chi connectivity index (χ1v) is 3.88. The summed E-state index contributed by atoms with van der Waals surface area (Å²) in [5, 5.41) is 0. The molecule has 0 heterocycles. The fourth-order valence-electron chi connectivity index (χ4n) is 2.39. The van der Waals surface area contributed by atoms with Crippen LogP contribution < -0.4 is 0 Å². The summed E-state index contributed by atoms with van der Waals surface area (Å²) in [6, 6.07) is 0. The smallest absolute Gasteiger partial charge is 0.0360 e. The minimum absolute atomic E-state index is 1.08. The van der Waals surface area contributed by atoms with E-state index in [1.54, 1.807) is 19.3 Å². The summed E-state index contributed by atoms with van der Waals surface area (Å²) in [6.07, 6.45) is 6.17. The Morgan fingerprint density at radius 3 is 2.00 bits per heavy atom. The van der Waals surface area contributed by atoms with E-state index in [9.17, 15) is 0 Å². The molecule has 46 valence electrons. The quantitative estimate of drug-likeness (QED) is 0.449. The van der Waals surface area contributed by atoms with Crippen molar-refractivity contribution in [3.8, 4) is 0 Å². The fourth-order valence-corrected chi connectivity index (χ4v) is 2.39. The SMILES string of the molecule is C[C@H]1CC[C@@H]2CCC21. The number of hydrogen-bond acceptors (Lipinski definition) is 0. The average molecular weight is 110 g/mol. The predicted molar refractivity (Wildman–Crippen MR) is 34.6 cm³/mol. The van der Waals surface area contributed by atoms with Crippen molar-refractivity contribution < 1.29 is 0 Å². The molecule has 2 rings (SSSR count). The van der Waals surface area contributed by atoms with Gasteiger partial charge in [-0.2, -0.15) is 0 Å². The molecule has 0 radical (unpaired) electrons. The van der Waals surface area contributed by atoms with Crippen molar-refractivity contribution in [1.29, 1.82) is 0 Å². The summed E-state index contributed by atoms with van der Waals surface area (Å²) in [5.74, 6) is 3.41. The van der Waals surface area contributed by atoms with Gasteiger partial charge in [0.2, 0.25) is 0 Å². The van der Waals surface area contributed by atoms with E-state index in [2.05, 4.69) is 6.92 Å². The van der Waals surface area contributed by atoms with Crippen molar-refractivity contribution in [2.24, 2.45) is 17.8 Å². The highest BCUT2D eigenvalue weighted by molar-refractivity contribution is 4.89. The zero-order chi connectivity index (χ0) is 5.56. The molecule has 0 N–H and O–H groups in total. The Morgan fingerprint density at radius 2 is 1.75 bits per heavy atom. The fraction of sp³-hybridized carbons (Fsp3) is 1.00. The molecular formula is C8H14. The highest BCUT2D eigenvalue weighted by Gasteiger charge is 2.39.